The van der Waals surface area contributed by atoms with E-state index in [0.29, 0.717) is 36.0 Å². The topological polar surface area (TPSA) is 134 Å². The fourth-order valence-corrected chi connectivity index (χ4v) is 3.26. The third-order valence-corrected chi connectivity index (χ3v) is 4.62. The fraction of sp³-hybridized carbons (Fsp3) is 0.412. The maximum atomic E-state index is 11.3. The van der Waals surface area contributed by atoms with Crippen molar-refractivity contribution in [2.45, 2.75) is 32.2 Å². The Morgan fingerprint density at radius 2 is 2.22 bits per heavy atom. The number of nitrogens with zero attached hydrogens (tertiary/aromatic N) is 6. The number of ether oxygens (including phenoxy) is 1. The van der Waals surface area contributed by atoms with Gasteiger partial charge in [0.05, 0.1) is 24.7 Å². The van der Waals surface area contributed by atoms with Crippen LogP contribution in [0.2, 0.25) is 0 Å². The molecule has 140 valence electrons. The van der Waals surface area contributed by atoms with Crippen LogP contribution in [0.25, 0.3) is 16.9 Å². The minimum Gasteiger partial charge on any atom is -0.478 e. The van der Waals surface area contributed by atoms with Crippen LogP contribution in [0.3, 0.4) is 0 Å². The van der Waals surface area contributed by atoms with Crippen LogP contribution in [-0.2, 0) is 4.79 Å². The zero-order valence-corrected chi connectivity index (χ0v) is 14.9. The van der Waals surface area contributed by atoms with Gasteiger partial charge in [-0.1, -0.05) is 5.21 Å². The van der Waals surface area contributed by atoms with E-state index >= 15 is 0 Å². The Morgan fingerprint density at radius 3 is 2.93 bits per heavy atom. The largest absolute Gasteiger partial charge is 0.478 e. The first kappa shape index (κ1) is 17.1. The molecule has 1 amide bonds. The molecule has 2 atom stereocenters. The molecule has 1 unspecified atom stereocenters. The first-order valence-corrected chi connectivity index (χ1v) is 8.87. The number of primary amides is 1. The SMILES string of the molecule is CCOc1ccc(-n2nnc3cnc(NC4CC[C@@H](C(N)=O)C4)nc32)cn1. The van der Waals surface area contributed by atoms with Gasteiger partial charge in [-0.05, 0) is 32.3 Å². The molecule has 0 radical (unpaired) electrons. The van der Waals surface area contributed by atoms with Crippen molar-refractivity contribution < 1.29 is 9.53 Å². The molecule has 1 aliphatic carbocycles. The number of hydrogen-bond acceptors (Lipinski definition) is 8. The summed E-state index contributed by atoms with van der Waals surface area (Å²) in [5.74, 6) is 0.683. The smallest absolute Gasteiger partial charge is 0.225 e. The lowest BCUT2D eigenvalue weighted by Gasteiger charge is -2.12. The zero-order chi connectivity index (χ0) is 18.8. The molecule has 0 aromatic carbocycles. The van der Waals surface area contributed by atoms with Crippen molar-refractivity contribution in [3.63, 3.8) is 0 Å². The van der Waals surface area contributed by atoms with Crippen molar-refractivity contribution in [1.82, 2.24) is 29.9 Å². The predicted octanol–water partition coefficient (Wildman–Crippen LogP) is 1.07. The lowest BCUT2D eigenvalue weighted by molar-refractivity contribution is -0.121. The van der Waals surface area contributed by atoms with E-state index in [9.17, 15) is 4.79 Å². The molecule has 3 aromatic rings. The number of anilines is 1. The molecule has 3 aromatic heterocycles. The number of nitrogens with two attached hydrogens (primary N) is 1. The molecule has 1 aliphatic rings. The third-order valence-electron chi connectivity index (χ3n) is 4.62. The molecule has 10 heteroatoms. The molecule has 1 saturated carbocycles. The molecule has 0 aliphatic heterocycles. The predicted molar refractivity (Wildman–Crippen MR) is 97.4 cm³/mol. The van der Waals surface area contributed by atoms with E-state index < -0.39 is 0 Å². The Morgan fingerprint density at radius 1 is 1.33 bits per heavy atom. The van der Waals surface area contributed by atoms with Crippen LogP contribution in [0, 0.1) is 5.92 Å². The number of carbonyl (C=O) groups excluding carboxylic acids is 1. The van der Waals surface area contributed by atoms with Crippen molar-refractivity contribution >= 4 is 23.0 Å². The molecular weight excluding hydrogens is 348 g/mol. The first-order chi connectivity index (χ1) is 13.1. The van der Waals surface area contributed by atoms with Gasteiger partial charge in [0.15, 0.2) is 11.2 Å². The second kappa shape index (κ2) is 7.14. The molecule has 3 N–H and O–H groups in total. The van der Waals surface area contributed by atoms with Crippen molar-refractivity contribution in [1.29, 1.82) is 0 Å². The average Bonchev–Trinajstić information content (AvgIpc) is 3.30. The van der Waals surface area contributed by atoms with Crippen molar-refractivity contribution in [2.75, 3.05) is 11.9 Å². The number of nitrogens with one attached hydrogen (secondary N) is 1. The van der Waals surface area contributed by atoms with E-state index in [-0.39, 0.29) is 17.9 Å². The van der Waals surface area contributed by atoms with E-state index in [2.05, 4.69) is 30.6 Å². The van der Waals surface area contributed by atoms with Crippen LogP contribution in [0.15, 0.2) is 24.5 Å². The van der Waals surface area contributed by atoms with Crippen LogP contribution in [0.5, 0.6) is 5.88 Å². The average molecular weight is 368 g/mol. The second-order valence-electron chi connectivity index (χ2n) is 6.44. The summed E-state index contributed by atoms with van der Waals surface area (Å²) in [7, 11) is 0. The van der Waals surface area contributed by atoms with Gasteiger partial charge in [0.25, 0.3) is 0 Å². The van der Waals surface area contributed by atoms with Gasteiger partial charge in [0, 0.05) is 18.0 Å². The lowest BCUT2D eigenvalue weighted by Crippen LogP contribution is -2.23. The Kier molecular flexibility index (Phi) is 4.53. The van der Waals surface area contributed by atoms with Gasteiger partial charge < -0.3 is 15.8 Å². The summed E-state index contributed by atoms with van der Waals surface area (Å²) in [5, 5.41) is 11.5. The summed E-state index contributed by atoms with van der Waals surface area (Å²) in [6, 6.07) is 3.74. The summed E-state index contributed by atoms with van der Waals surface area (Å²) < 4.78 is 6.96. The van der Waals surface area contributed by atoms with Crippen molar-refractivity contribution in [3.05, 3.63) is 24.5 Å². The molecule has 4 rings (SSSR count). The highest BCUT2D eigenvalue weighted by Gasteiger charge is 2.28. The summed E-state index contributed by atoms with van der Waals surface area (Å²) >= 11 is 0. The normalized spacial score (nSPS) is 19.3. The van der Waals surface area contributed by atoms with Gasteiger partial charge in [0.2, 0.25) is 17.7 Å². The second-order valence-corrected chi connectivity index (χ2v) is 6.44. The lowest BCUT2D eigenvalue weighted by atomic mass is 10.1. The van der Waals surface area contributed by atoms with Gasteiger partial charge in [-0.2, -0.15) is 9.67 Å². The Hall–Kier alpha value is -3.30. The maximum absolute atomic E-state index is 11.3. The van der Waals surface area contributed by atoms with Crippen molar-refractivity contribution in [2.24, 2.45) is 11.7 Å². The van der Waals surface area contributed by atoms with Gasteiger partial charge in [-0.25, -0.2) is 9.97 Å². The Balaban J connectivity index is 1.57. The monoisotopic (exact) mass is 368 g/mol. The Bertz CT molecular complexity index is 955. The molecule has 0 bridgehead atoms. The van der Waals surface area contributed by atoms with Crippen molar-refractivity contribution in [3.8, 4) is 11.6 Å². The highest BCUT2D eigenvalue weighted by atomic mass is 16.5. The molecule has 3 heterocycles. The number of amides is 1. The highest BCUT2D eigenvalue weighted by Crippen LogP contribution is 2.27. The summed E-state index contributed by atoms with van der Waals surface area (Å²) in [5.41, 5.74) is 7.27. The Labute approximate surface area is 155 Å². The van der Waals surface area contributed by atoms with Gasteiger partial charge >= 0.3 is 0 Å². The van der Waals surface area contributed by atoms with Crippen LogP contribution in [-0.4, -0.2) is 48.5 Å². The van der Waals surface area contributed by atoms with Crippen LogP contribution in [0.1, 0.15) is 26.2 Å². The molecule has 0 saturated heterocycles. The van der Waals surface area contributed by atoms with Crippen LogP contribution in [0.4, 0.5) is 5.95 Å². The zero-order valence-electron chi connectivity index (χ0n) is 14.9. The van der Waals surface area contributed by atoms with E-state index in [1.807, 2.05) is 13.0 Å². The standard InChI is InChI=1S/C17H20N8O2/c1-2-27-14-6-5-12(8-19-14)25-16-13(23-24-25)9-20-17(22-16)21-11-4-3-10(7-11)15(18)26/h5-6,8-11H,2-4,7H2,1H3,(H2,18,26)(H,20,21,22)/t10-,11?/m1/s1. The number of carbonyl (C=O) groups is 1. The van der Waals surface area contributed by atoms with E-state index in [1.165, 1.54) is 0 Å². The highest BCUT2D eigenvalue weighted by molar-refractivity contribution is 5.77. The van der Waals surface area contributed by atoms with E-state index in [4.69, 9.17) is 10.5 Å². The number of rotatable bonds is 6. The molecule has 0 spiro atoms. The number of aromatic nitrogens is 6. The van der Waals surface area contributed by atoms with Crippen LogP contribution >= 0.6 is 0 Å². The number of hydrogen-bond donors (Lipinski definition) is 2. The summed E-state index contributed by atoms with van der Waals surface area (Å²) in [6.45, 7) is 2.46. The van der Waals surface area contributed by atoms with Crippen LogP contribution < -0.4 is 15.8 Å². The van der Waals surface area contributed by atoms with Gasteiger partial charge in [-0.3, -0.25) is 4.79 Å². The maximum Gasteiger partial charge on any atom is 0.225 e. The number of fused-ring (bicyclic) bond motifs is 1. The molecule has 10 nitrogen and oxygen atoms in total. The van der Waals surface area contributed by atoms with Gasteiger partial charge in [0.1, 0.15) is 0 Å². The molecule has 1 fully saturated rings. The first-order valence-electron chi connectivity index (χ1n) is 8.87. The molecule has 27 heavy (non-hydrogen) atoms. The quantitative estimate of drug-likeness (QED) is 0.660. The number of pyridine rings is 1. The minimum atomic E-state index is -0.249. The van der Waals surface area contributed by atoms with Gasteiger partial charge in [-0.15, -0.1) is 5.10 Å². The van der Waals surface area contributed by atoms with E-state index in [0.717, 1.165) is 18.5 Å². The fourth-order valence-electron chi connectivity index (χ4n) is 3.26. The minimum absolute atomic E-state index is 0.0895. The summed E-state index contributed by atoms with van der Waals surface area (Å²) in [6.07, 6.45) is 5.61. The summed E-state index contributed by atoms with van der Waals surface area (Å²) in [4.78, 5) is 24.4. The molecular formula is C17H20N8O2. The third kappa shape index (κ3) is 3.50. The van der Waals surface area contributed by atoms with E-state index in [1.54, 1.807) is 23.1 Å².